The minimum atomic E-state index is -0.376. The van der Waals surface area contributed by atoms with Crippen molar-refractivity contribution in [1.29, 1.82) is 0 Å². The number of rotatable bonds is 72. The fraction of sp³-hybridized carbons (Fsp3) is 0.625. The van der Waals surface area contributed by atoms with E-state index in [2.05, 4.69) is 144 Å². The van der Waals surface area contributed by atoms with Crippen molar-refractivity contribution in [3.63, 3.8) is 0 Å². The van der Waals surface area contributed by atoms with Crippen LogP contribution in [0.15, 0.2) is 109 Å². The third-order valence-electron chi connectivity index (χ3n) is 30.8. The number of anilines is 2. The van der Waals surface area contributed by atoms with E-state index in [0.29, 0.717) is 88.9 Å². The molecule has 4 amide bonds. The summed E-state index contributed by atoms with van der Waals surface area (Å²) in [6, 6.07) is 37.6. The van der Waals surface area contributed by atoms with Crippen LogP contribution in [-0.4, -0.2) is 23.6 Å². The number of carbonyl (C=O) groups excluding carboxylic acids is 4. The van der Waals surface area contributed by atoms with Crippen molar-refractivity contribution >= 4 is 78.1 Å². The number of hydrogen-bond acceptors (Lipinski definition) is 6. The molecule has 2 heterocycles. The Morgan fingerprint density at radius 2 is 0.419 bits per heavy atom. The number of nitrogens with zero attached hydrogens (tertiary/aromatic N) is 2. The first-order chi connectivity index (χ1) is 66.3. The van der Waals surface area contributed by atoms with Crippen molar-refractivity contribution in [3.05, 3.63) is 176 Å². The second kappa shape index (κ2) is 58.4. The van der Waals surface area contributed by atoms with Gasteiger partial charge in [0.05, 0.1) is 22.5 Å². The van der Waals surface area contributed by atoms with Crippen molar-refractivity contribution in [3.8, 4) is 23.0 Å². The van der Waals surface area contributed by atoms with Crippen molar-refractivity contribution < 1.29 is 28.7 Å². The highest BCUT2D eigenvalue weighted by Crippen LogP contribution is 2.54. The standard InChI is InChI=1S/C128H186N2O6/c1-13-19-25-31-37-43-49-55-61-67-73-97-91-103(92-98(74-68-62-56-50-44-38-32-26-20-14-2)107(97)77-71-65-59-53-47-41-35-29-23-17-5)129-123(131)111-89-87-109-120-116(136-106-85-81-102(82-86-106)128(10,11)12)96-114-118-112(90-88-110(122(118)120)119-115(95-113(125(129)133)117(111)121(109)119)135-105-83-79-101(80-84-105)127(7,8)9)124(132)130(126(114)134)104-93-99(75-69-63-57-51-45-39-33-27-21-15-3)108(78-72-66-60-54-48-42-36-30-24-18-6)100(94-104)76-70-64-58-52-46-40-34-28-22-16-4/h79-96H,13-78H2,1-12H3. The maximum Gasteiger partial charge on any atom is 0.266 e. The molecule has 0 saturated carbocycles. The molecule has 0 N–H and O–H groups in total. The van der Waals surface area contributed by atoms with E-state index in [1.807, 2.05) is 48.5 Å². The quantitative estimate of drug-likeness (QED) is 0.0163. The molecule has 0 spiro atoms. The van der Waals surface area contributed by atoms with Crippen molar-refractivity contribution in [1.82, 2.24) is 0 Å². The van der Waals surface area contributed by atoms with E-state index in [-0.39, 0.29) is 34.5 Å². The molecule has 0 fully saturated rings. The molecule has 0 unspecified atom stereocenters. The minimum Gasteiger partial charge on any atom is -0.457 e. The van der Waals surface area contributed by atoms with Gasteiger partial charge in [-0.3, -0.25) is 19.2 Å². The number of carbonyl (C=O) groups is 4. The van der Waals surface area contributed by atoms with Gasteiger partial charge in [-0.1, -0.05) is 466 Å². The highest BCUT2D eigenvalue weighted by atomic mass is 16.5. The SMILES string of the molecule is CCCCCCCCCCCCc1cc(N2C(=O)c3ccc4c5c(Oc6ccc(C(C)(C)C)cc6)cc6c7c(ccc(c8c(Oc9ccc(C(C)(C)C)cc9)cc(c3c48)C2=O)c75)C(=O)N(c2cc(CCCCCCCCCCCC)c(CCCCCCCCCCCC)c(CCCCCCCCCCCC)c2)C6=O)cc(CCCCCCCCCCCC)c1CCCCCCCCCCCC. The van der Waals surface area contributed by atoms with Crippen molar-refractivity contribution in [2.24, 2.45) is 0 Å². The number of amides is 4. The van der Waals surface area contributed by atoms with E-state index in [1.165, 1.54) is 364 Å². The van der Waals surface area contributed by atoms with Gasteiger partial charge >= 0.3 is 0 Å². The van der Waals surface area contributed by atoms with Crippen LogP contribution in [-0.2, 0) is 49.4 Å². The van der Waals surface area contributed by atoms with Crippen molar-refractivity contribution in [2.45, 2.75) is 518 Å². The van der Waals surface area contributed by atoms with E-state index in [9.17, 15) is 0 Å². The summed E-state index contributed by atoms with van der Waals surface area (Å²) < 4.78 is 14.9. The summed E-state index contributed by atoms with van der Waals surface area (Å²) in [5.41, 5.74) is 13.1. The lowest BCUT2D eigenvalue weighted by molar-refractivity contribution is 0.0877. The van der Waals surface area contributed by atoms with Crippen LogP contribution in [0.3, 0.4) is 0 Å². The summed E-state index contributed by atoms with van der Waals surface area (Å²) in [7, 11) is 0. The Morgan fingerprint density at radius 3 is 0.640 bits per heavy atom. The van der Waals surface area contributed by atoms with Gasteiger partial charge in [0.15, 0.2) is 0 Å². The Balaban J connectivity index is 1.05. The van der Waals surface area contributed by atoms with Crippen LogP contribution in [0.4, 0.5) is 11.4 Å². The Kier molecular flexibility index (Phi) is 46.6. The molecule has 0 aromatic heterocycles. The predicted octanol–water partition coefficient (Wildman–Crippen LogP) is 40.3. The number of benzene rings is 9. The first kappa shape index (κ1) is 109. The molecule has 744 valence electrons. The maximum absolute atomic E-state index is 16.9. The zero-order valence-electron chi connectivity index (χ0n) is 88.4. The van der Waals surface area contributed by atoms with Crippen LogP contribution in [0.5, 0.6) is 23.0 Å². The fourth-order valence-corrected chi connectivity index (χ4v) is 22.5. The van der Waals surface area contributed by atoms with Gasteiger partial charge in [-0.2, -0.15) is 0 Å². The molecule has 0 atom stereocenters. The van der Waals surface area contributed by atoms with Gasteiger partial charge in [0, 0.05) is 43.4 Å². The maximum atomic E-state index is 16.9. The van der Waals surface area contributed by atoms with Crippen molar-refractivity contribution in [2.75, 3.05) is 9.80 Å². The van der Waals surface area contributed by atoms with Gasteiger partial charge in [0.1, 0.15) is 23.0 Å². The van der Waals surface area contributed by atoms with Gasteiger partial charge in [-0.15, -0.1) is 0 Å². The number of ether oxygens (including phenoxy) is 2. The van der Waals surface area contributed by atoms with Gasteiger partial charge in [-0.25, -0.2) is 9.80 Å². The molecule has 0 saturated heterocycles. The van der Waals surface area contributed by atoms with Crippen LogP contribution in [0.1, 0.15) is 554 Å². The van der Waals surface area contributed by atoms with Gasteiger partial charge < -0.3 is 9.47 Å². The lowest BCUT2D eigenvalue weighted by atomic mass is 9.81. The lowest BCUT2D eigenvalue weighted by Crippen LogP contribution is -2.41. The monoisotopic (exact) mass is 1850 g/mol. The van der Waals surface area contributed by atoms with E-state index >= 15 is 19.2 Å². The molecule has 8 heteroatoms. The normalized spacial score (nSPS) is 13.1. The second-order valence-corrected chi connectivity index (χ2v) is 44.1. The summed E-state index contributed by atoms with van der Waals surface area (Å²) in [5.74, 6) is 0.667. The van der Waals surface area contributed by atoms with E-state index in [1.54, 1.807) is 0 Å². The Morgan fingerprint density at radius 1 is 0.213 bits per heavy atom. The largest absolute Gasteiger partial charge is 0.457 e. The Bertz CT molecular complexity index is 4680. The molecule has 0 radical (unpaired) electrons. The third kappa shape index (κ3) is 31.6. The first-order valence-corrected chi connectivity index (χ1v) is 57.3. The molecule has 9 aromatic rings. The summed E-state index contributed by atoms with van der Waals surface area (Å²) in [4.78, 5) is 70.0. The molecule has 11 rings (SSSR count). The summed E-state index contributed by atoms with van der Waals surface area (Å²) in [5, 5.41) is 5.41. The smallest absolute Gasteiger partial charge is 0.266 e. The topological polar surface area (TPSA) is 93.2 Å². The molecule has 0 bridgehead atoms. The number of fused-ring (bicyclic) bond motifs is 2. The van der Waals surface area contributed by atoms with Crippen LogP contribution >= 0.6 is 0 Å². The average molecular weight is 1850 g/mol. The predicted molar refractivity (Wildman–Crippen MR) is 587 cm³/mol. The molecular formula is C128H186N2O6. The van der Waals surface area contributed by atoms with Crippen LogP contribution in [0.2, 0.25) is 0 Å². The number of unbranched alkanes of at least 4 members (excludes halogenated alkanes) is 54. The first-order valence-electron chi connectivity index (χ1n) is 57.3. The molecule has 0 aliphatic carbocycles. The highest BCUT2D eigenvalue weighted by Gasteiger charge is 2.41. The van der Waals surface area contributed by atoms with Gasteiger partial charge in [0.25, 0.3) is 23.6 Å². The number of imide groups is 2. The zero-order valence-corrected chi connectivity index (χ0v) is 88.4. The van der Waals surface area contributed by atoms with Crippen LogP contribution in [0.25, 0.3) is 43.1 Å². The van der Waals surface area contributed by atoms with Crippen LogP contribution in [0, 0.1) is 0 Å². The number of hydrogen-bond donors (Lipinski definition) is 0. The molecule has 2 aliphatic heterocycles. The van der Waals surface area contributed by atoms with Gasteiger partial charge in [0.2, 0.25) is 0 Å². The van der Waals surface area contributed by atoms with E-state index in [0.717, 1.165) is 125 Å². The fourth-order valence-electron chi connectivity index (χ4n) is 22.5. The summed E-state index contributed by atoms with van der Waals surface area (Å²) in [6.07, 6.45) is 81.6. The van der Waals surface area contributed by atoms with Gasteiger partial charge in [-0.05, 0) is 216 Å². The molecule has 8 nitrogen and oxygen atoms in total. The molecule has 9 aromatic carbocycles. The molecule has 2 aliphatic rings. The highest BCUT2D eigenvalue weighted by molar-refractivity contribution is 6.46. The third-order valence-corrected chi connectivity index (χ3v) is 30.8. The van der Waals surface area contributed by atoms with E-state index < -0.39 is 0 Å². The summed E-state index contributed by atoms with van der Waals surface area (Å²) >= 11 is 0. The summed E-state index contributed by atoms with van der Waals surface area (Å²) in [6.45, 7) is 27.1. The molecule has 136 heavy (non-hydrogen) atoms. The Hall–Kier alpha value is -7.84. The second-order valence-electron chi connectivity index (χ2n) is 44.1. The number of aryl methyl sites for hydroxylation is 4. The minimum absolute atomic E-state index is 0.131. The zero-order chi connectivity index (χ0) is 96.3. The van der Waals surface area contributed by atoms with Crippen LogP contribution < -0.4 is 19.3 Å². The molecular weight excluding hydrogens is 1660 g/mol. The Labute approximate surface area is 827 Å². The average Bonchev–Trinajstić information content (AvgIpc) is 0.677. The van der Waals surface area contributed by atoms with E-state index in [4.69, 9.17) is 9.47 Å². The lowest BCUT2D eigenvalue weighted by Gasteiger charge is -2.32.